The lowest BCUT2D eigenvalue weighted by Crippen LogP contribution is -2.48. The van der Waals surface area contributed by atoms with Gasteiger partial charge >= 0.3 is 20.1 Å². The maximum absolute atomic E-state index is 13.5. The topological polar surface area (TPSA) is 154 Å². The second-order valence-corrected chi connectivity index (χ2v) is 20.3. The number of carbonyl (C=O) groups is 1. The van der Waals surface area contributed by atoms with E-state index >= 15 is 0 Å². The van der Waals surface area contributed by atoms with E-state index in [2.05, 4.69) is 13.8 Å². The maximum atomic E-state index is 13.5. The molecule has 1 fully saturated rings. The lowest BCUT2D eigenvalue weighted by atomic mass is 9.95. The molecule has 349 valence electrons. The van der Waals surface area contributed by atoms with Crippen LogP contribution in [0.2, 0.25) is 0 Å². The minimum Gasteiger partial charge on any atom is -0.783 e. The number of nitrogens with zero attached hydrogens (tertiary/aromatic N) is 2. The van der Waals surface area contributed by atoms with Crippen molar-refractivity contribution >= 4 is 20.1 Å². The van der Waals surface area contributed by atoms with Crippen molar-refractivity contribution in [3.05, 3.63) is 5.21 Å². The van der Waals surface area contributed by atoms with Crippen LogP contribution in [-0.2, 0) is 32.9 Å². The van der Waals surface area contributed by atoms with E-state index in [4.69, 9.17) is 23.3 Å². The average molecular weight is 863 g/mol. The molecule has 1 N–H and O–H groups in total. The molecule has 13 heteroatoms. The molecule has 0 aromatic carbocycles. The Kier molecular flexibility index (Phi) is 31.1. The first kappa shape index (κ1) is 56.1. The van der Waals surface area contributed by atoms with Crippen molar-refractivity contribution in [3.63, 3.8) is 0 Å². The van der Waals surface area contributed by atoms with Crippen LogP contribution in [0.25, 0.3) is 0 Å². The van der Waals surface area contributed by atoms with E-state index in [-0.39, 0.29) is 25.6 Å². The molecule has 0 aromatic rings. The molecule has 59 heavy (non-hydrogen) atoms. The highest BCUT2D eigenvalue weighted by Gasteiger charge is 2.45. The van der Waals surface area contributed by atoms with E-state index < -0.39 is 38.1 Å². The summed E-state index contributed by atoms with van der Waals surface area (Å²) in [6.45, 7) is 8.17. The highest BCUT2D eigenvalue weighted by atomic mass is 31.2. The van der Waals surface area contributed by atoms with Gasteiger partial charge in [-0.2, -0.15) is 9.05 Å². The maximum Gasteiger partial charge on any atom is 0.482 e. The zero-order valence-electron chi connectivity index (χ0n) is 39.1. The summed E-state index contributed by atoms with van der Waals surface area (Å²) in [5.74, 6) is -0.760. The zero-order valence-corrected chi connectivity index (χ0v) is 40.0. The van der Waals surface area contributed by atoms with E-state index in [1.807, 2.05) is 35.0 Å². The van der Waals surface area contributed by atoms with E-state index in [0.717, 1.165) is 43.6 Å². The SMILES string of the molecule is CCCCCCCCCCCCCCCC(=[OH+])OC[C@H](CO[P+]([O])([O-])OCC[N+](C)(C)C)OC(=O)CCCC1(CCCCCCCCCCCCC)OCC(C)(C)N1[O-]. The van der Waals surface area contributed by atoms with Gasteiger partial charge in [-0.15, -0.1) is 0 Å². The molecule has 1 rings (SSSR count). The monoisotopic (exact) mass is 863 g/mol. The second-order valence-electron chi connectivity index (χ2n) is 18.9. The first-order valence-electron chi connectivity index (χ1n) is 23.9. The standard InChI is InChI=1S/C46H90N2O10P/c1-8-10-12-14-16-18-20-21-22-24-26-28-30-33-43(49)54-39-42(40-57-59(52,53)56-38-37-48(5,6)7)58-44(50)34-32-36-46(47(51)45(3,4)41-55-46)35-31-29-27-25-23-19-17-15-13-11-9-2/h42H,8-41H2,1-7H3/p+1/t42-,46?/m1/s1. The van der Waals surface area contributed by atoms with Gasteiger partial charge in [-0.1, -0.05) is 155 Å². The molecule has 1 radical (unpaired) electrons. The summed E-state index contributed by atoms with van der Waals surface area (Å²) in [5.41, 5.74) is -1.66. The fraction of sp³-hybridized carbons (Fsp3) is 0.957. The summed E-state index contributed by atoms with van der Waals surface area (Å²) < 4.78 is 28.1. The molecular weight excluding hydrogens is 771 g/mol. The Morgan fingerprint density at radius 1 is 0.712 bits per heavy atom. The van der Waals surface area contributed by atoms with Crippen LogP contribution < -0.4 is 4.89 Å². The third kappa shape index (κ3) is 29.1. The molecular formula is C46H91N2O10P+. The van der Waals surface area contributed by atoms with Crippen molar-refractivity contribution in [2.45, 2.75) is 231 Å². The number of carbonyl (C=O) groups excluding carboxylic acids is 2. The van der Waals surface area contributed by atoms with Crippen molar-refractivity contribution in [1.29, 1.82) is 0 Å². The van der Waals surface area contributed by atoms with Gasteiger partial charge in [-0.25, -0.2) is 0 Å². The van der Waals surface area contributed by atoms with Crippen molar-refractivity contribution in [3.8, 4) is 0 Å². The predicted molar refractivity (Wildman–Crippen MR) is 238 cm³/mol. The summed E-state index contributed by atoms with van der Waals surface area (Å²) in [4.78, 5) is 48.7. The van der Waals surface area contributed by atoms with Gasteiger partial charge in [0.05, 0.1) is 27.7 Å². The number of likely N-dealkylation sites (N-methyl/N-ethyl adjacent to an activating group) is 1. The van der Waals surface area contributed by atoms with Gasteiger partial charge in [0.1, 0.15) is 31.9 Å². The van der Waals surface area contributed by atoms with Crippen molar-refractivity contribution in [2.24, 2.45) is 0 Å². The molecule has 0 saturated carbocycles. The number of unbranched alkanes of at least 4 members (excludes halogenated alkanes) is 22. The number of ether oxygens (including phenoxy) is 3. The molecule has 0 spiro atoms. The van der Waals surface area contributed by atoms with Crippen molar-refractivity contribution in [1.82, 2.24) is 5.06 Å². The Bertz CT molecular complexity index is 1060. The van der Waals surface area contributed by atoms with Gasteiger partial charge in [0, 0.05) is 16.9 Å². The van der Waals surface area contributed by atoms with Crippen LogP contribution in [0.15, 0.2) is 0 Å². The number of rotatable bonds is 40. The molecule has 1 heterocycles. The van der Waals surface area contributed by atoms with Gasteiger partial charge in [-0.3, -0.25) is 4.79 Å². The van der Waals surface area contributed by atoms with E-state index in [1.54, 1.807) is 0 Å². The van der Waals surface area contributed by atoms with Crippen molar-refractivity contribution < 1.29 is 47.1 Å². The highest BCUT2D eigenvalue weighted by molar-refractivity contribution is 7.52. The number of hydrogen-bond donors (Lipinski definition) is 0. The summed E-state index contributed by atoms with van der Waals surface area (Å²) in [5, 5.41) is 14.6. The number of quaternary nitrogens is 1. The minimum atomic E-state index is -4.69. The molecule has 0 amide bonds. The largest absolute Gasteiger partial charge is 0.783 e. The zero-order chi connectivity index (χ0) is 43.9. The lowest BCUT2D eigenvalue weighted by molar-refractivity contribution is -0.870. The molecule has 0 aromatic heterocycles. The Labute approximate surface area is 362 Å². The van der Waals surface area contributed by atoms with Crippen LogP contribution in [0, 0.1) is 5.21 Å². The summed E-state index contributed by atoms with van der Waals surface area (Å²) in [6.07, 6.45) is 29.7. The Morgan fingerprint density at radius 2 is 1.17 bits per heavy atom. The minimum absolute atomic E-state index is 0.00216. The van der Waals surface area contributed by atoms with E-state index in [9.17, 15) is 24.6 Å². The molecule has 1 saturated heterocycles. The summed E-state index contributed by atoms with van der Waals surface area (Å²) in [7, 11) is 1.07. The van der Waals surface area contributed by atoms with Gasteiger partial charge in [0.2, 0.25) is 6.61 Å². The average Bonchev–Trinajstić information content (AvgIpc) is 3.39. The summed E-state index contributed by atoms with van der Waals surface area (Å²) in [6, 6.07) is 0. The second kappa shape index (κ2) is 32.7. The molecule has 2 atom stereocenters. The number of esters is 2. The third-order valence-electron chi connectivity index (χ3n) is 11.4. The van der Waals surface area contributed by atoms with Crippen LogP contribution in [0.5, 0.6) is 0 Å². The van der Waals surface area contributed by atoms with Crippen molar-refractivity contribution in [2.75, 3.05) is 54.1 Å². The van der Waals surface area contributed by atoms with Gasteiger partial charge in [0.15, 0.2) is 6.10 Å². The predicted octanol–water partition coefficient (Wildman–Crippen LogP) is 11.3. The van der Waals surface area contributed by atoms with Crippen LogP contribution >= 0.6 is 8.17 Å². The first-order valence-corrected chi connectivity index (χ1v) is 25.4. The van der Waals surface area contributed by atoms with Gasteiger partial charge in [-0.05, 0) is 46.0 Å². The van der Waals surface area contributed by atoms with Crippen LogP contribution in [0.1, 0.15) is 214 Å². The Hall–Kier alpha value is -0.950. The number of hydroxylamine groups is 2. The van der Waals surface area contributed by atoms with Gasteiger partial charge in [0.25, 0.3) is 0 Å². The van der Waals surface area contributed by atoms with Gasteiger partial charge < -0.3 is 38.7 Å². The molecule has 12 nitrogen and oxygen atoms in total. The Balaban J connectivity index is 2.60. The van der Waals surface area contributed by atoms with E-state index in [1.165, 1.54) is 116 Å². The third-order valence-corrected chi connectivity index (χ3v) is 12.4. The normalized spacial score (nSPS) is 18.5. The molecule has 1 aliphatic rings. The molecule has 1 aliphatic heterocycles. The lowest BCUT2D eigenvalue weighted by Gasteiger charge is -2.48. The molecule has 1 unspecified atom stereocenters. The Morgan fingerprint density at radius 3 is 1.63 bits per heavy atom. The summed E-state index contributed by atoms with van der Waals surface area (Å²) >= 11 is 0. The quantitative estimate of drug-likeness (QED) is 0.0192. The van der Waals surface area contributed by atoms with Crippen LogP contribution in [-0.4, -0.2) is 97.8 Å². The number of hydrogen-bond acceptors (Lipinski definition) is 9. The molecule has 0 aliphatic carbocycles. The fourth-order valence-corrected chi connectivity index (χ4v) is 8.31. The highest BCUT2D eigenvalue weighted by Crippen LogP contribution is 2.49. The fourth-order valence-electron chi connectivity index (χ4n) is 7.58. The first-order chi connectivity index (χ1) is 28.1. The smallest absolute Gasteiger partial charge is 0.482 e. The molecule has 0 bridgehead atoms. The van der Waals surface area contributed by atoms with Crippen LogP contribution in [0.4, 0.5) is 0 Å². The van der Waals surface area contributed by atoms with Crippen LogP contribution in [0.3, 0.4) is 0 Å². The van der Waals surface area contributed by atoms with E-state index in [0.29, 0.717) is 43.3 Å².